The van der Waals surface area contributed by atoms with Crippen LogP contribution in [0.2, 0.25) is 0 Å². The Morgan fingerprint density at radius 3 is 1.58 bits per heavy atom. The van der Waals surface area contributed by atoms with Gasteiger partial charge in [0.15, 0.2) is 5.75 Å². The number of benzene rings is 3. The van der Waals surface area contributed by atoms with Crippen LogP contribution in [0, 0.1) is 0 Å². The van der Waals surface area contributed by atoms with Gasteiger partial charge in [-0.1, -0.05) is 48.5 Å². The Bertz CT molecular complexity index is 1520. The van der Waals surface area contributed by atoms with Gasteiger partial charge in [0, 0.05) is 22.8 Å². The lowest BCUT2D eigenvalue weighted by Gasteiger charge is -2.25. The number of anilines is 3. The molecule has 0 spiro atoms. The minimum absolute atomic E-state index is 0.228. The molecule has 33 heavy (non-hydrogen) atoms. The maximum Gasteiger partial charge on any atom is 0.277 e. The molecular weight excluding hydrogens is 416 g/mol. The molecule has 0 saturated carbocycles. The number of hydrogen-bond acceptors (Lipinski definition) is 5. The predicted molar refractivity (Wildman–Crippen MR) is 129 cm³/mol. The third-order valence-corrected chi connectivity index (χ3v) is 5.51. The summed E-state index contributed by atoms with van der Waals surface area (Å²) in [4.78, 5) is 40.4. The molecule has 0 aliphatic heterocycles. The number of aromatic nitrogens is 1. The molecule has 4 aromatic carbocycles. The molecule has 0 amide bonds. The van der Waals surface area contributed by atoms with Crippen molar-refractivity contribution in [3.63, 3.8) is 0 Å². The largest absolute Gasteiger partial charge is 0.503 e. The number of hydrogen-bond donors (Lipinski definition) is 2. The summed E-state index contributed by atoms with van der Waals surface area (Å²) in [5.74, 6) is -0.810. The molecule has 5 rings (SSSR count). The van der Waals surface area contributed by atoms with Gasteiger partial charge in [-0.25, -0.2) is 0 Å². The molecule has 2 N–H and O–H groups in total. The first-order valence-electron chi connectivity index (χ1n) is 10.3. The third kappa shape index (κ3) is 3.53. The summed E-state index contributed by atoms with van der Waals surface area (Å²) in [6.07, 6.45) is 0. The fourth-order valence-corrected chi connectivity index (χ4v) is 3.90. The Balaban J connectivity index is 1.51. The highest BCUT2D eigenvalue weighted by atomic mass is 16.3. The van der Waals surface area contributed by atoms with E-state index in [1.165, 1.54) is 0 Å². The second-order valence-electron chi connectivity index (χ2n) is 7.55. The van der Waals surface area contributed by atoms with Crippen molar-refractivity contribution in [1.82, 2.24) is 4.98 Å². The number of nitrogens with one attached hydrogen (secondary N) is 1. The van der Waals surface area contributed by atoms with Crippen molar-refractivity contribution in [2.45, 2.75) is 0 Å². The molecule has 1 aromatic heterocycles. The van der Waals surface area contributed by atoms with Crippen LogP contribution in [0.1, 0.15) is 0 Å². The average molecular weight is 434 g/mol. The van der Waals surface area contributed by atoms with Crippen molar-refractivity contribution in [2.75, 3.05) is 4.90 Å². The van der Waals surface area contributed by atoms with Gasteiger partial charge in [0.05, 0.1) is 11.3 Å². The van der Waals surface area contributed by atoms with Gasteiger partial charge in [-0.2, -0.15) is 0 Å². The SMILES string of the molecule is O=c1c(O)c(-c2ccc(-c3ccc(N(c4ccccc4)c4ccccc4)cc3)[nH]2)c(=O)c1=O. The normalized spacial score (nSPS) is 10.9. The molecule has 0 saturated heterocycles. The first-order valence-corrected chi connectivity index (χ1v) is 10.3. The zero-order valence-electron chi connectivity index (χ0n) is 17.4. The van der Waals surface area contributed by atoms with Gasteiger partial charge in [0.2, 0.25) is 5.43 Å². The summed E-state index contributed by atoms with van der Waals surface area (Å²) in [6, 6.07) is 31.2. The van der Waals surface area contributed by atoms with Gasteiger partial charge in [0.1, 0.15) is 0 Å². The van der Waals surface area contributed by atoms with E-state index in [2.05, 4.69) is 9.88 Å². The molecule has 1 heterocycles. The summed E-state index contributed by atoms with van der Waals surface area (Å²) in [5.41, 5.74) is 1.09. The Labute approximate surface area is 188 Å². The molecular formula is C27H18N2O4. The lowest BCUT2D eigenvalue weighted by Crippen LogP contribution is -2.29. The first-order chi connectivity index (χ1) is 16.0. The number of H-pyrrole nitrogens is 1. The molecule has 0 unspecified atom stereocenters. The monoisotopic (exact) mass is 434 g/mol. The smallest absolute Gasteiger partial charge is 0.277 e. The van der Waals surface area contributed by atoms with E-state index in [0.717, 1.165) is 22.6 Å². The summed E-state index contributed by atoms with van der Waals surface area (Å²) in [6.45, 7) is 0. The summed E-state index contributed by atoms with van der Waals surface area (Å²) in [5, 5.41) is 9.91. The molecule has 6 heteroatoms. The van der Waals surface area contributed by atoms with Crippen LogP contribution in [-0.2, 0) is 0 Å². The van der Waals surface area contributed by atoms with Gasteiger partial charge >= 0.3 is 0 Å². The fraction of sp³-hybridized carbons (Fsp3) is 0. The summed E-state index contributed by atoms with van der Waals surface area (Å²) < 4.78 is 0. The van der Waals surface area contributed by atoms with Crippen LogP contribution in [0.25, 0.3) is 22.5 Å². The number of para-hydroxylation sites is 2. The van der Waals surface area contributed by atoms with Crippen molar-refractivity contribution in [1.29, 1.82) is 0 Å². The molecule has 160 valence electrons. The van der Waals surface area contributed by atoms with Crippen molar-refractivity contribution in [3.8, 4) is 28.3 Å². The zero-order valence-corrected chi connectivity index (χ0v) is 17.4. The Kier molecular flexibility index (Phi) is 4.95. The third-order valence-electron chi connectivity index (χ3n) is 5.51. The van der Waals surface area contributed by atoms with Crippen LogP contribution >= 0.6 is 0 Å². The predicted octanol–water partition coefficient (Wildman–Crippen LogP) is 4.48. The molecule has 0 aliphatic rings. The van der Waals surface area contributed by atoms with E-state index >= 15 is 0 Å². The maximum atomic E-state index is 12.0. The molecule has 0 radical (unpaired) electrons. The van der Waals surface area contributed by atoms with E-state index in [4.69, 9.17) is 0 Å². The highest BCUT2D eigenvalue weighted by Gasteiger charge is 2.21. The fourth-order valence-electron chi connectivity index (χ4n) is 3.90. The van der Waals surface area contributed by atoms with Crippen molar-refractivity contribution >= 4 is 17.1 Å². The minimum atomic E-state index is -1.22. The van der Waals surface area contributed by atoms with Crippen molar-refractivity contribution in [2.24, 2.45) is 0 Å². The average Bonchev–Trinajstić information content (AvgIpc) is 3.41. The zero-order chi connectivity index (χ0) is 22.9. The number of aromatic hydroxyl groups is 1. The van der Waals surface area contributed by atoms with Crippen molar-refractivity contribution in [3.05, 3.63) is 128 Å². The Morgan fingerprint density at radius 2 is 1.06 bits per heavy atom. The molecule has 0 aliphatic carbocycles. The standard InChI is InChI=1S/C27H18N2O4/c30-24-23(25(31)27(33)26(24)32)22-16-15-21(28-22)17-11-13-20(14-12-17)29(18-7-3-1-4-8-18)19-9-5-2-6-10-19/h1-16,28,30H. The molecule has 0 fully saturated rings. The topological polar surface area (TPSA) is 90.5 Å². The highest BCUT2D eigenvalue weighted by molar-refractivity contribution is 5.78. The van der Waals surface area contributed by atoms with E-state index in [0.29, 0.717) is 5.69 Å². The van der Waals surface area contributed by atoms with Crippen LogP contribution in [0.3, 0.4) is 0 Å². The van der Waals surface area contributed by atoms with Crippen LogP contribution in [0.4, 0.5) is 17.1 Å². The van der Waals surface area contributed by atoms with Gasteiger partial charge in [-0.3, -0.25) is 14.4 Å². The number of rotatable bonds is 5. The van der Waals surface area contributed by atoms with E-state index < -0.39 is 22.0 Å². The van der Waals surface area contributed by atoms with E-state index in [1.807, 2.05) is 84.9 Å². The summed E-state index contributed by atoms with van der Waals surface area (Å²) >= 11 is 0. The van der Waals surface area contributed by atoms with Gasteiger partial charge < -0.3 is 15.0 Å². The maximum absolute atomic E-state index is 12.0. The number of nitrogens with zero attached hydrogens (tertiary/aromatic N) is 1. The van der Waals surface area contributed by atoms with Crippen LogP contribution in [-0.4, -0.2) is 10.1 Å². The van der Waals surface area contributed by atoms with E-state index in [-0.39, 0.29) is 11.3 Å². The second-order valence-corrected chi connectivity index (χ2v) is 7.55. The number of aromatic amines is 1. The van der Waals surface area contributed by atoms with Crippen LogP contribution < -0.4 is 21.2 Å². The van der Waals surface area contributed by atoms with Crippen molar-refractivity contribution < 1.29 is 5.11 Å². The molecule has 5 aromatic rings. The molecule has 0 atom stereocenters. The molecule has 6 nitrogen and oxygen atoms in total. The molecule has 0 bridgehead atoms. The summed E-state index contributed by atoms with van der Waals surface area (Å²) in [7, 11) is 0. The lowest BCUT2D eigenvalue weighted by atomic mass is 10.1. The van der Waals surface area contributed by atoms with E-state index in [1.54, 1.807) is 12.1 Å². The Morgan fingerprint density at radius 1 is 0.545 bits per heavy atom. The first kappa shape index (κ1) is 20.2. The minimum Gasteiger partial charge on any atom is -0.503 e. The van der Waals surface area contributed by atoms with Gasteiger partial charge in [0.25, 0.3) is 10.9 Å². The van der Waals surface area contributed by atoms with Gasteiger partial charge in [-0.15, -0.1) is 0 Å². The van der Waals surface area contributed by atoms with Crippen LogP contribution in [0.5, 0.6) is 5.75 Å². The Hall–Kier alpha value is -4.71. The van der Waals surface area contributed by atoms with Crippen LogP contribution in [0.15, 0.2) is 111 Å². The quantitative estimate of drug-likeness (QED) is 0.398. The lowest BCUT2D eigenvalue weighted by molar-refractivity contribution is 0.474. The van der Waals surface area contributed by atoms with Gasteiger partial charge in [-0.05, 0) is 54.1 Å². The second kappa shape index (κ2) is 8.09. The van der Waals surface area contributed by atoms with E-state index in [9.17, 15) is 19.5 Å². The highest BCUT2D eigenvalue weighted by Crippen LogP contribution is 2.35.